The van der Waals surface area contributed by atoms with Gasteiger partial charge in [0.05, 0.1) is 24.0 Å². The number of amides is 1. The SMILES string of the molecule is CCCN(CCC)C(=O)[C@H]1[C@@H](C(=O)O)[C@H]2CC[C@H]1O2. The average Bonchev–Trinajstić information content (AvgIpc) is 2.97. The average molecular weight is 269 g/mol. The molecule has 0 aromatic rings. The first-order valence-electron chi connectivity index (χ1n) is 7.27. The summed E-state index contributed by atoms with van der Waals surface area (Å²) in [4.78, 5) is 25.8. The van der Waals surface area contributed by atoms with E-state index < -0.39 is 17.8 Å². The fourth-order valence-electron chi connectivity index (χ4n) is 3.39. The molecule has 0 aromatic carbocycles. The molecule has 0 radical (unpaired) electrons. The van der Waals surface area contributed by atoms with E-state index in [1.54, 1.807) is 0 Å². The lowest BCUT2D eigenvalue weighted by atomic mass is 9.78. The number of fused-ring (bicyclic) bond motifs is 2. The van der Waals surface area contributed by atoms with Crippen LogP contribution < -0.4 is 0 Å². The predicted molar refractivity (Wildman–Crippen MR) is 69.7 cm³/mol. The van der Waals surface area contributed by atoms with Gasteiger partial charge in [0, 0.05) is 13.1 Å². The van der Waals surface area contributed by atoms with Crippen molar-refractivity contribution in [2.75, 3.05) is 13.1 Å². The van der Waals surface area contributed by atoms with Gasteiger partial charge >= 0.3 is 5.97 Å². The largest absolute Gasteiger partial charge is 0.481 e. The van der Waals surface area contributed by atoms with Crippen molar-refractivity contribution < 1.29 is 19.4 Å². The predicted octanol–water partition coefficient (Wildman–Crippen LogP) is 1.51. The second-order valence-corrected chi connectivity index (χ2v) is 5.51. The minimum Gasteiger partial charge on any atom is -0.481 e. The minimum absolute atomic E-state index is 0.0247. The Kier molecular flexibility index (Phi) is 4.45. The van der Waals surface area contributed by atoms with Crippen LogP contribution in [0.3, 0.4) is 0 Å². The van der Waals surface area contributed by atoms with Gasteiger partial charge in [0.25, 0.3) is 0 Å². The molecule has 2 fully saturated rings. The summed E-state index contributed by atoms with van der Waals surface area (Å²) >= 11 is 0. The number of hydrogen-bond acceptors (Lipinski definition) is 3. The van der Waals surface area contributed by atoms with Crippen molar-refractivity contribution in [2.45, 2.75) is 51.7 Å². The highest BCUT2D eigenvalue weighted by Crippen LogP contribution is 2.44. The number of hydrogen-bond donors (Lipinski definition) is 1. The van der Waals surface area contributed by atoms with E-state index in [2.05, 4.69) is 0 Å². The van der Waals surface area contributed by atoms with Gasteiger partial charge in [-0.25, -0.2) is 0 Å². The first-order chi connectivity index (χ1) is 9.10. The summed E-state index contributed by atoms with van der Waals surface area (Å²) in [5.41, 5.74) is 0. The van der Waals surface area contributed by atoms with Crippen LogP contribution in [0, 0.1) is 11.8 Å². The summed E-state index contributed by atoms with van der Waals surface area (Å²) in [5, 5.41) is 9.35. The number of nitrogens with zero attached hydrogens (tertiary/aromatic N) is 1. The van der Waals surface area contributed by atoms with Crippen molar-refractivity contribution in [3.8, 4) is 0 Å². The third kappa shape index (κ3) is 2.61. The molecule has 2 bridgehead atoms. The molecule has 2 heterocycles. The molecule has 0 aliphatic carbocycles. The minimum atomic E-state index is -0.890. The quantitative estimate of drug-likeness (QED) is 0.793. The maximum Gasteiger partial charge on any atom is 0.310 e. The molecule has 2 saturated heterocycles. The zero-order valence-electron chi connectivity index (χ0n) is 11.7. The van der Waals surface area contributed by atoms with E-state index in [1.807, 2.05) is 18.7 Å². The molecule has 0 aromatic heterocycles. The zero-order chi connectivity index (χ0) is 14.0. The first kappa shape index (κ1) is 14.3. The van der Waals surface area contributed by atoms with E-state index in [4.69, 9.17) is 4.74 Å². The van der Waals surface area contributed by atoms with Gasteiger partial charge in [-0.3, -0.25) is 9.59 Å². The van der Waals surface area contributed by atoms with Crippen LogP contribution in [0.1, 0.15) is 39.5 Å². The van der Waals surface area contributed by atoms with Crippen molar-refractivity contribution >= 4 is 11.9 Å². The summed E-state index contributed by atoms with van der Waals surface area (Å²) < 4.78 is 5.66. The van der Waals surface area contributed by atoms with Gasteiger partial charge in [0.15, 0.2) is 0 Å². The molecule has 108 valence electrons. The molecular weight excluding hydrogens is 246 g/mol. The number of ether oxygens (including phenoxy) is 1. The zero-order valence-corrected chi connectivity index (χ0v) is 11.7. The number of carboxylic acids is 1. The van der Waals surface area contributed by atoms with Crippen LogP contribution in [0.5, 0.6) is 0 Å². The Morgan fingerprint density at radius 3 is 2.11 bits per heavy atom. The van der Waals surface area contributed by atoms with Crippen LogP contribution in [-0.4, -0.2) is 47.2 Å². The van der Waals surface area contributed by atoms with Crippen LogP contribution in [0.15, 0.2) is 0 Å². The molecule has 5 nitrogen and oxygen atoms in total. The Morgan fingerprint density at radius 1 is 1.11 bits per heavy atom. The molecule has 5 heteroatoms. The summed E-state index contributed by atoms with van der Waals surface area (Å²) in [5.74, 6) is -2.04. The van der Waals surface area contributed by atoms with Crippen molar-refractivity contribution in [1.82, 2.24) is 4.90 Å². The molecule has 4 atom stereocenters. The van der Waals surface area contributed by atoms with Gasteiger partial charge in [0.1, 0.15) is 0 Å². The first-order valence-corrected chi connectivity index (χ1v) is 7.27. The van der Waals surface area contributed by atoms with Gasteiger partial charge in [0.2, 0.25) is 5.91 Å². The lowest BCUT2D eigenvalue weighted by Gasteiger charge is -2.30. The molecule has 1 amide bonds. The van der Waals surface area contributed by atoms with Crippen LogP contribution in [-0.2, 0) is 14.3 Å². The summed E-state index contributed by atoms with van der Waals surface area (Å²) in [7, 11) is 0. The fourth-order valence-corrected chi connectivity index (χ4v) is 3.39. The van der Waals surface area contributed by atoms with E-state index in [9.17, 15) is 14.7 Å². The lowest BCUT2D eigenvalue weighted by molar-refractivity contribution is -0.150. The molecule has 2 aliphatic rings. The fraction of sp³-hybridized carbons (Fsp3) is 0.857. The second kappa shape index (κ2) is 5.90. The molecule has 0 unspecified atom stereocenters. The number of carbonyl (C=O) groups is 2. The molecular formula is C14H23NO4. The summed E-state index contributed by atoms with van der Waals surface area (Å²) in [6, 6.07) is 0. The van der Waals surface area contributed by atoms with Gasteiger partial charge in [-0.05, 0) is 25.7 Å². The van der Waals surface area contributed by atoms with Gasteiger partial charge in [-0.1, -0.05) is 13.8 Å². The van der Waals surface area contributed by atoms with Gasteiger partial charge < -0.3 is 14.7 Å². The van der Waals surface area contributed by atoms with Crippen LogP contribution in [0.2, 0.25) is 0 Å². The van der Waals surface area contributed by atoms with Crippen molar-refractivity contribution in [1.29, 1.82) is 0 Å². The number of carbonyl (C=O) groups excluding carboxylic acids is 1. The van der Waals surface area contributed by atoms with Gasteiger partial charge in [-0.2, -0.15) is 0 Å². The summed E-state index contributed by atoms with van der Waals surface area (Å²) in [6.07, 6.45) is 2.93. The Morgan fingerprint density at radius 2 is 1.63 bits per heavy atom. The number of carboxylic acid groups (broad SMARTS) is 1. The molecule has 0 saturated carbocycles. The number of aliphatic carboxylic acids is 1. The maximum atomic E-state index is 12.6. The Hall–Kier alpha value is -1.10. The third-order valence-corrected chi connectivity index (χ3v) is 4.14. The second-order valence-electron chi connectivity index (χ2n) is 5.51. The van der Waals surface area contributed by atoms with Crippen molar-refractivity contribution in [3.05, 3.63) is 0 Å². The highest BCUT2D eigenvalue weighted by molar-refractivity contribution is 5.86. The van der Waals surface area contributed by atoms with E-state index in [0.29, 0.717) is 13.1 Å². The van der Waals surface area contributed by atoms with E-state index in [1.165, 1.54) is 0 Å². The highest BCUT2D eigenvalue weighted by Gasteiger charge is 2.56. The van der Waals surface area contributed by atoms with Gasteiger partial charge in [-0.15, -0.1) is 0 Å². The topological polar surface area (TPSA) is 66.8 Å². The van der Waals surface area contributed by atoms with Crippen molar-refractivity contribution in [2.24, 2.45) is 11.8 Å². The monoisotopic (exact) mass is 269 g/mol. The smallest absolute Gasteiger partial charge is 0.310 e. The third-order valence-electron chi connectivity index (χ3n) is 4.14. The normalized spacial score (nSPS) is 32.5. The molecule has 19 heavy (non-hydrogen) atoms. The van der Waals surface area contributed by atoms with E-state index in [0.717, 1.165) is 25.7 Å². The van der Waals surface area contributed by atoms with Crippen LogP contribution >= 0.6 is 0 Å². The van der Waals surface area contributed by atoms with Crippen LogP contribution in [0.25, 0.3) is 0 Å². The highest BCUT2D eigenvalue weighted by atomic mass is 16.5. The lowest BCUT2D eigenvalue weighted by Crippen LogP contribution is -2.46. The Balaban J connectivity index is 2.13. The molecule has 2 aliphatic heterocycles. The molecule has 1 N–H and O–H groups in total. The van der Waals surface area contributed by atoms with E-state index in [-0.39, 0.29) is 18.1 Å². The van der Waals surface area contributed by atoms with Crippen LogP contribution in [0.4, 0.5) is 0 Å². The Bertz CT molecular complexity index is 351. The maximum absolute atomic E-state index is 12.6. The summed E-state index contributed by atoms with van der Waals surface area (Å²) in [6.45, 7) is 5.46. The molecule has 0 spiro atoms. The van der Waals surface area contributed by atoms with E-state index >= 15 is 0 Å². The Labute approximate surface area is 113 Å². The molecule has 2 rings (SSSR count). The number of rotatable bonds is 6. The van der Waals surface area contributed by atoms with Crippen molar-refractivity contribution in [3.63, 3.8) is 0 Å². The standard InChI is InChI=1S/C14H23NO4/c1-3-7-15(8-4-2)13(16)11-9-5-6-10(19-9)12(11)14(17)18/h9-12H,3-8H2,1-2H3,(H,17,18)/t9-,10-,11-,12+/m1/s1.